The first kappa shape index (κ1) is 12.0. The predicted molar refractivity (Wildman–Crippen MR) is 74.7 cm³/mol. The van der Waals surface area contributed by atoms with Crippen LogP contribution in [0, 0.1) is 0 Å². The molecule has 0 spiro atoms. The van der Waals surface area contributed by atoms with Gasteiger partial charge in [0, 0.05) is 29.1 Å². The van der Waals surface area contributed by atoms with Crippen molar-refractivity contribution in [1.29, 1.82) is 0 Å². The largest absolute Gasteiger partial charge is 0.364 e. The van der Waals surface area contributed by atoms with E-state index in [1.54, 1.807) is 0 Å². The zero-order valence-electron chi connectivity index (χ0n) is 9.82. The van der Waals surface area contributed by atoms with Crippen LogP contribution in [0.1, 0.15) is 25.1 Å². The average molecular weight is 254 g/mol. The third kappa shape index (κ3) is 3.01. The second-order valence-electron chi connectivity index (χ2n) is 4.60. The van der Waals surface area contributed by atoms with Crippen LogP contribution in [-0.2, 0) is 5.41 Å². The van der Waals surface area contributed by atoms with Crippen LogP contribution in [0.3, 0.4) is 0 Å². The van der Waals surface area contributed by atoms with Crippen molar-refractivity contribution < 1.29 is 0 Å². The molecule has 0 fully saturated rings. The van der Waals surface area contributed by atoms with Crippen LogP contribution in [-0.4, -0.2) is 24.0 Å². The van der Waals surface area contributed by atoms with E-state index in [1.807, 2.05) is 23.1 Å². The van der Waals surface area contributed by atoms with E-state index < -0.39 is 0 Å². The molecule has 0 saturated heterocycles. The summed E-state index contributed by atoms with van der Waals surface area (Å²) in [6, 6.07) is 4.33. The Kier molecular flexibility index (Phi) is 3.92. The van der Waals surface area contributed by atoms with Crippen LogP contribution in [0.15, 0.2) is 22.5 Å². The molecule has 2 nitrogen and oxygen atoms in total. The molecule has 1 aliphatic heterocycles. The fourth-order valence-corrected chi connectivity index (χ4v) is 3.29. The zero-order valence-corrected chi connectivity index (χ0v) is 11.5. The SMILES string of the molecule is CC(C)(CNC1=NCCCS1)c1cccs1. The van der Waals surface area contributed by atoms with Crippen LogP contribution >= 0.6 is 23.1 Å². The lowest BCUT2D eigenvalue weighted by atomic mass is 9.92. The van der Waals surface area contributed by atoms with Gasteiger partial charge in [-0.05, 0) is 17.9 Å². The fourth-order valence-electron chi connectivity index (χ4n) is 1.61. The molecule has 88 valence electrons. The Balaban J connectivity index is 1.91. The van der Waals surface area contributed by atoms with E-state index in [-0.39, 0.29) is 5.41 Å². The van der Waals surface area contributed by atoms with Crippen LogP contribution in [0.25, 0.3) is 0 Å². The molecule has 1 aliphatic rings. The van der Waals surface area contributed by atoms with Gasteiger partial charge in [0.05, 0.1) is 0 Å². The highest BCUT2D eigenvalue weighted by molar-refractivity contribution is 8.13. The molecule has 4 heteroatoms. The van der Waals surface area contributed by atoms with E-state index in [0.717, 1.165) is 18.3 Å². The Morgan fingerprint density at radius 3 is 3.00 bits per heavy atom. The molecule has 0 amide bonds. The normalized spacial score (nSPS) is 17.0. The molecule has 0 aromatic carbocycles. The summed E-state index contributed by atoms with van der Waals surface area (Å²) in [5.74, 6) is 1.20. The molecule has 2 rings (SSSR count). The number of hydrogen-bond donors (Lipinski definition) is 1. The second kappa shape index (κ2) is 5.23. The van der Waals surface area contributed by atoms with Crippen molar-refractivity contribution in [2.75, 3.05) is 18.8 Å². The van der Waals surface area contributed by atoms with Gasteiger partial charge in [0.15, 0.2) is 5.17 Å². The standard InChI is InChI=1S/C12H18N2S2/c1-12(2,10-5-3-7-15-10)9-14-11-13-6-4-8-16-11/h3,5,7H,4,6,8-9H2,1-2H3,(H,13,14). The molecule has 1 aromatic rings. The lowest BCUT2D eigenvalue weighted by Crippen LogP contribution is -2.35. The summed E-state index contributed by atoms with van der Waals surface area (Å²) in [5, 5.41) is 6.73. The van der Waals surface area contributed by atoms with Gasteiger partial charge in [-0.15, -0.1) is 11.3 Å². The maximum absolute atomic E-state index is 4.49. The van der Waals surface area contributed by atoms with Gasteiger partial charge in [-0.25, -0.2) is 0 Å². The Bertz CT molecular complexity index is 355. The summed E-state index contributed by atoms with van der Waals surface area (Å²) in [6.07, 6.45) is 1.21. The molecule has 0 unspecified atom stereocenters. The minimum atomic E-state index is 0.189. The maximum Gasteiger partial charge on any atom is 0.156 e. The summed E-state index contributed by atoms with van der Waals surface area (Å²) >= 11 is 3.67. The molecule has 0 aliphatic carbocycles. The Morgan fingerprint density at radius 1 is 1.50 bits per heavy atom. The minimum Gasteiger partial charge on any atom is -0.364 e. The first-order valence-corrected chi connectivity index (χ1v) is 7.50. The number of aliphatic imine (C=N–C) groups is 1. The summed E-state index contributed by atoms with van der Waals surface area (Å²) in [7, 11) is 0. The number of hydrogen-bond acceptors (Lipinski definition) is 4. The predicted octanol–water partition coefficient (Wildman–Crippen LogP) is 3.11. The van der Waals surface area contributed by atoms with Crippen molar-refractivity contribution in [3.63, 3.8) is 0 Å². The molecule has 0 atom stereocenters. The summed E-state index contributed by atoms with van der Waals surface area (Å²) in [6.45, 7) is 6.49. The molecule has 0 radical (unpaired) electrons. The highest BCUT2D eigenvalue weighted by Gasteiger charge is 2.22. The third-order valence-electron chi connectivity index (χ3n) is 2.67. The zero-order chi connectivity index (χ0) is 11.4. The second-order valence-corrected chi connectivity index (χ2v) is 6.63. The van der Waals surface area contributed by atoms with Crippen LogP contribution in [0.5, 0.6) is 0 Å². The molecule has 1 aromatic heterocycles. The Hall–Kier alpha value is -0.480. The highest BCUT2D eigenvalue weighted by Crippen LogP contribution is 2.27. The van der Waals surface area contributed by atoms with E-state index in [2.05, 4.69) is 41.7 Å². The average Bonchev–Trinajstić information content (AvgIpc) is 2.82. The lowest BCUT2D eigenvalue weighted by Gasteiger charge is -2.25. The lowest BCUT2D eigenvalue weighted by molar-refractivity contribution is 0.524. The smallest absolute Gasteiger partial charge is 0.156 e. The van der Waals surface area contributed by atoms with Crippen molar-refractivity contribution in [2.45, 2.75) is 25.7 Å². The van der Waals surface area contributed by atoms with Gasteiger partial charge in [-0.3, -0.25) is 4.99 Å². The van der Waals surface area contributed by atoms with Crippen molar-refractivity contribution >= 4 is 28.3 Å². The van der Waals surface area contributed by atoms with Gasteiger partial charge in [-0.1, -0.05) is 31.7 Å². The van der Waals surface area contributed by atoms with Crippen LogP contribution < -0.4 is 5.32 Å². The number of rotatable bonds is 3. The molecular weight excluding hydrogens is 236 g/mol. The van der Waals surface area contributed by atoms with Gasteiger partial charge in [0.25, 0.3) is 0 Å². The van der Waals surface area contributed by atoms with E-state index in [9.17, 15) is 0 Å². The maximum atomic E-state index is 4.49. The van der Waals surface area contributed by atoms with E-state index in [1.165, 1.54) is 17.1 Å². The number of amidine groups is 1. The number of nitrogens with one attached hydrogen (secondary N) is 1. The fraction of sp³-hybridized carbons (Fsp3) is 0.583. The minimum absolute atomic E-state index is 0.189. The quantitative estimate of drug-likeness (QED) is 0.896. The Morgan fingerprint density at radius 2 is 2.38 bits per heavy atom. The molecular formula is C12H18N2S2. The van der Waals surface area contributed by atoms with Gasteiger partial charge >= 0.3 is 0 Å². The summed E-state index contributed by atoms with van der Waals surface area (Å²) in [5.41, 5.74) is 0.189. The molecule has 16 heavy (non-hydrogen) atoms. The van der Waals surface area contributed by atoms with E-state index >= 15 is 0 Å². The third-order valence-corrected chi connectivity index (χ3v) is 4.94. The Labute approximate surface area is 106 Å². The van der Waals surface area contributed by atoms with Crippen molar-refractivity contribution in [3.8, 4) is 0 Å². The van der Waals surface area contributed by atoms with Crippen LogP contribution in [0.4, 0.5) is 0 Å². The highest BCUT2D eigenvalue weighted by atomic mass is 32.2. The first-order valence-electron chi connectivity index (χ1n) is 5.63. The van der Waals surface area contributed by atoms with Gasteiger partial charge in [-0.2, -0.15) is 0 Å². The number of nitrogens with zero attached hydrogens (tertiary/aromatic N) is 1. The molecule has 2 heterocycles. The summed E-state index contributed by atoms with van der Waals surface area (Å²) in [4.78, 5) is 5.92. The topological polar surface area (TPSA) is 24.4 Å². The van der Waals surface area contributed by atoms with Gasteiger partial charge < -0.3 is 5.32 Å². The molecule has 1 N–H and O–H groups in total. The van der Waals surface area contributed by atoms with Gasteiger partial charge in [0.2, 0.25) is 0 Å². The van der Waals surface area contributed by atoms with Gasteiger partial charge in [0.1, 0.15) is 0 Å². The van der Waals surface area contributed by atoms with Crippen molar-refractivity contribution in [2.24, 2.45) is 4.99 Å². The van der Waals surface area contributed by atoms with Crippen LogP contribution in [0.2, 0.25) is 0 Å². The van der Waals surface area contributed by atoms with E-state index in [4.69, 9.17) is 0 Å². The first-order chi connectivity index (χ1) is 7.68. The molecule has 0 saturated carbocycles. The monoisotopic (exact) mass is 254 g/mol. The molecule has 0 bridgehead atoms. The van der Waals surface area contributed by atoms with Crippen molar-refractivity contribution in [1.82, 2.24) is 5.32 Å². The summed E-state index contributed by atoms with van der Waals surface area (Å²) < 4.78 is 0. The number of thiophene rings is 1. The van der Waals surface area contributed by atoms with Crippen molar-refractivity contribution in [3.05, 3.63) is 22.4 Å². The van der Waals surface area contributed by atoms with E-state index in [0.29, 0.717) is 0 Å². The number of thioether (sulfide) groups is 1.